The van der Waals surface area contributed by atoms with Crippen LogP contribution in [0.1, 0.15) is 17.3 Å². The summed E-state index contributed by atoms with van der Waals surface area (Å²) >= 11 is 5.69. The molecule has 1 aromatic carbocycles. The Morgan fingerprint density at radius 1 is 1.33 bits per heavy atom. The Morgan fingerprint density at radius 2 is 2.11 bits per heavy atom. The normalized spacial score (nSPS) is 12.2. The van der Waals surface area contributed by atoms with Crippen molar-refractivity contribution < 1.29 is 9.13 Å². The number of hydrogen-bond donors (Lipinski definition) is 1. The molecule has 18 heavy (non-hydrogen) atoms. The lowest BCUT2D eigenvalue weighted by Crippen LogP contribution is -2.15. The van der Waals surface area contributed by atoms with Gasteiger partial charge in [0.25, 0.3) is 0 Å². The van der Waals surface area contributed by atoms with Crippen LogP contribution in [0, 0.1) is 5.82 Å². The van der Waals surface area contributed by atoms with Crippen molar-refractivity contribution in [2.75, 3.05) is 7.11 Å². The van der Waals surface area contributed by atoms with Crippen LogP contribution in [0.4, 0.5) is 4.39 Å². The second-order valence-electron chi connectivity index (χ2n) is 3.63. The average Bonchev–Trinajstić information content (AvgIpc) is 2.38. The van der Waals surface area contributed by atoms with Crippen LogP contribution in [0.15, 0.2) is 30.6 Å². The lowest BCUT2D eigenvalue weighted by Gasteiger charge is -2.13. The molecular weight excluding hydrogens is 257 g/mol. The molecule has 0 fully saturated rings. The summed E-state index contributed by atoms with van der Waals surface area (Å²) in [7, 11) is 1.49. The molecule has 1 atom stereocenters. The Labute approximate surface area is 109 Å². The summed E-state index contributed by atoms with van der Waals surface area (Å²) in [6, 6.07) is 5.21. The number of nitrogens with two attached hydrogens (primary N) is 1. The molecule has 2 N–H and O–H groups in total. The molecule has 0 aliphatic carbocycles. The molecule has 94 valence electrons. The summed E-state index contributed by atoms with van der Waals surface area (Å²) in [4.78, 5) is 7.88. The zero-order valence-corrected chi connectivity index (χ0v) is 10.4. The summed E-state index contributed by atoms with van der Waals surface area (Å²) in [5.74, 6) is -0.0857. The Morgan fingerprint density at radius 3 is 2.78 bits per heavy atom. The van der Waals surface area contributed by atoms with Crippen LogP contribution in [0.5, 0.6) is 5.88 Å². The number of hydrogen-bond acceptors (Lipinski definition) is 4. The molecule has 0 radical (unpaired) electrons. The summed E-state index contributed by atoms with van der Waals surface area (Å²) < 4.78 is 18.7. The number of ether oxygens (including phenoxy) is 1. The Kier molecular flexibility index (Phi) is 3.74. The first kappa shape index (κ1) is 12.7. The third-order valence-corrected chi connectivity index (χ3v) is 2.72. The van der Waals surface area contributed by atoms with E-state index in [1.165, 1.54) is 25.6 Å². The van der Waals surface area contributed by atoms with Crippen LogP contribution in [-0.2, 0) is 0 Å². The number of rotatable bonds is 3. The molecule has 6 heteroatoms. The molecule has 4 nitrogen and oxygen atoms in total. The Balaban J connectivity index is 2.37. The number of halogens is 2. The van der Waals surface area contributed by atoms with Gasteiger partial charge in [-0.05, 0) is 12.1 Å². The van der Waals surface area contributed by atoms with E-state index >= 15 is 0 Å². The van der Waals surface area contributed by atoms with E-state index < -0.39 is 11.9 Å². The Hall–Kier alpha value is -1.72. The monoisotopic (exact) mass is 267 g/mol. The van der Waals surface area contributed by atoms with Gasteiger partial charge in [-0.1, -0.05) is 17.7 Å². The van der Waals surface area contributed by atoms with Gasteiger partial charge in [0.1, 0.15) is 12.1 Å². The van der Waals surface area contributed by atoms with Gasteiger partial charge in [0, 0.05) is 16.7 Å². The molecule has 1 unspecified atom stereocenters. The maximum Gasteiger partial charge on any atom is 0.216 e. The maximum absolute atomic E-state index is 13.7. The molecule has 1 heterocycles. The first-order valence-electron chi connectivity index (χ1n) is 5.18. The van der Waals surface area contributed by atoms with E-state index in [2.05, 4.69) is 9.97 Å². The van der Waals surface area contributed by atoms with E-state index in [4.69, 9.17) is 22.1 Å². The van der Waals surface area contributed by atoms with Crippen molar-refractivity contribution in [3.05, 3.63) is 52.7 Å². The molecule has 0 bridgehead atoms. The van der Waals surface area contributed by atoms with Gasteiger partial charge >= 0.3 is 0 Å². The van der Waals surface area contributed by atoms with Gasteiger partial charge in [0.15, 0.2) is 0 Å². The first-order chi connectivity index (χ1) is 8.61. The van der Waals surface area contributed by atoms with Crippen LogP contribution in [0.25, 0.3) is 0 Å². The summed E-state index contributed by atoms with van der Waals surface area (Å²) in [5.41, 5.74) is 6.76. The van der Waals surface area contributed by atoms with Crippen LogP contribution in [-0.4, -0.2) is 17.1 Å². The van der Waals surface area contributed by atoms with Crippen molar-refractivity contribution in [3.63, 3.8) is 0 Å². The van der Waals surface area contributed by atoms with Crippen molar-refractivity contribution in [1.29, 1.82) is 0 Å². The quantitative estimate of drug-likeness (QED) is 0.927. The summed E-state index contributed by atoms with van der Waals surface area (Å²) in [6.45, 7) is 0. The first-order valence-corrected chi connectivity index (χ1v) is 5.56. The summed E-state index contributed by atoms with van der Waals surface area (Å²) in [5, 5.41) is 0.323. The minimum atomic E-state index is -0.695. The minimum Gasteiger partial charge on any atom is -0.481 e. The fraction of sp³-hybridized carbons (Fsp3) is 0.167. The highest BCUT2D eigenvalue weighted by molar-refractivity contribution is 6.30. The van der Waals surface area contributed by atoms with Crippen molar-refractivity contribution in [2.45, 2.75) is 6.04 Å². The summed E-state index contributed by atoms with van der Waals surface area (Å²) in [6.07, 6.45) is 1.32. The fourth-order valence-corrected chi connectivity index (χ4v) is 1.71. The number of benzene rings is 1. The highest BCUT2D eigenvalue weighted by Crippen LogP contribution is 2.24. The van der Waals surface area contributed by atoms with Crippen LogP contribution < -0.4 is 10.5 Å². The molecular formula is C12H11ClFN3O. The molecule has 2 aromatic rings. The molecule has 0 aliphatic rings. The minimum absolute atomic E-state index is 0.320. The van der Waals surface area contributed by atoms with Gasteiger partial charge in [-0.15, -0.1) is 0 Å². The smallest absolute Gasteiger partial charge is 0.216 e. The van der Waals surface area contributed by atoms with Gasteiger partial charge in [0.2, 0.25) is 5.88 Å². The number of aromatic nitrogens is 2. The third-order valence-electron chi connectivity index (χ3n) is 2.49. The molecule has 0 saturated carbocycles. The van der Waals surface area contributed by atoms with Crippen LogP contribution in [0.3, 0.4) is 0 Å². The number of methoxy groups -OCH3 is 1. The molecule has 0 amide bonds. The van der Waals surface area contributed by atoms with E-state index in [1.54, 1.807) is 12.1 Å². The van der Waals surface area contributed by atoms with Crippen molar-refractivity contribution in [3.8, 4) is 5.88 Å². The molecule has 0 spiro atoms. The van der Waals surface area contributed by atoms with E-state index in [-0.39, 0.29) is 0 Å². The highest BCUT2D eigenvalue weighted by atomic mass is 35.5. The van der Waals surface area contributed by atoms with E-state index in [0.717, 1.165) is 0 Å². The highest BCUT2D eigenvalue weighted by Gasteiger charge is 2.16. The van der Waals surface area contributed by atoms with Gasteiger partial charge in [-0.25, -0.2) is 14.4 Å². The van der Waals surface area contributed by atoms with Gasteiger partial charge < -0.3 is 10.5 Å². The standard InChI is InChI=1S/C12H11ClFN3O/c1-18-11-5-10(16-6-17-11)12(15)8-3-2-7(13)4-9(8)14/h2-6,12H,15H2,1H3. The second-order valence-corrected chi connectivity index (χ2v) is 4.07. The maximum atomic E-state index is 13.7. The topological polar surface area (TPSA) is 61.0 Å². The second kappa shape index (κ2) is 5.29. The van der Waals surface area contributed by atoms with Gasteiger partial charge in [0.05, 0.1) is 18.8 Å². The van der Waals surface area contributed by atoms with Crippen LogP contribution >= 0.6 is 11.6 Å². The van der Waals surface area contributed by atoms with Crippen molar-refractivity contribution in [2.24, 2.45) is 5.73 Å². The lowest BCUT2D eigenvalue weighted by molar-refractivity contribution is 0.395. The van der Waals surface area contributed by atoms with E-state index in [9.17, 15) is 4.39 Å². The SMILES string of the molecule is COc1cc(C(N)c2ccc(Cl)cc2F)ncn1. The third kappa shape index (κ3) is 2.57. The largest absolute Gasteiger partial charge is 0.481 e. The predicted molar refractivity (Wildman–Crippen MR) is 66.0 cm³/mol. The van der Waals surface area contributed by atoms with Gasteiger partial charge in [-0.3, -0.25) is 0 Å². The average molecular weight is 268 g/mol. The van der Waals surface area contributed by atoms with Crippen LogP contribution in [0.2, 0.25) is 5.02 Å². The Bertz CT molecular complexity index is 565. The molecule has 0 aliphatic heterocycles. The lowest BCUT2D eigenvalue weighted by atomic mass is 10.0. The van der Waals surface area contributed by atoms with Crippen molar-refractivity contribution in [1.82, 2.24) is 9.97 Å². The molecule has 1 aromatic heterocycles. The zero-order valence-electron chi connectivity index (χ0n) is 9.60. The molecule has 0 saturated heterocycles. The van der Waals surface area contributed by atoms with E-state index in [0.29, 0.717) is 22.2 Å². The number of nitrogens with zero attached hydrogens (tertiary/aromatic N) is 2. The van der Waals surface area contributed by atoms with Gasteiger partial charge in [-0.2, -0.15) is 0 Å². The molecule has 2 rings (SSSR count). The fourth-order valence-electron chi connectivity index (χ4n) is 1.55. The predicted octanol–water partition coefficient (Wildman–Crippen LogP) is 2.33. The van der Waals surface area contributed by atoms with Crippen molar-refractivity contribution >= 4 is 11.6 Å². The van der Waals surface area contributed by atoms with E-state index in [1.807, 2.05) is 0 Å². The zero-order chi connectivity index (χ0) is 13.1.